The molecule has 2 saturated heterocycles. The van der Waals surface area contributed by atoms with Crippen LogP contribution in [0.1, 0.15) is 19.3 Å². The van der Waals surface area contributed by atoms with Crippen molar-refractivity contribution >= 4 is 0 Å². The van der Waals surface area contributed by atoms with Gasteiger partial charge < -0.3 is 19.7 Å². The molecule has 0 radical (unpaired) electrons. The Bertz CT molecular complexity index is 197. The van der Waals surface area contributed by atoms with E-state index in [1.165, 1.54) is 25.9 Å². The summed E-state index contributed by atoms with van der Waals surface area (Å²) in [7, 11) is 1.82. The molecule has 0 aliphatic carbocycles. The van der Waals surface area contributed by atoms with Crippen LogP contribution < -0.4 is 5.32 Å². The van der Waals surface area contributed by atoms with Gasteiger partial charge in [0, 0.05) is 26.7 Å². The monoisotopic (exact) mass is 228 g/mol. The molecule has 2 rings (SSSR count). The van der Waals surface area contributed by atoms with Crippen molar-refractivity contribution in [2.75, 3.05) is 53.0 Å². The number of hydrogen-bond acceptors (Lipinski definition) is 4. The first-order valence-electron chi connectivity index (χ1n) is 6.41. The van der Waals surface area contributed by atoms with Gasteiger partial charge in [-0.1, -0.05) is 0 Å². The van der Waals surface area contributed by atoms with Crippen LogP contribution in [0.5, 0.6) is 0 Å². The molecule has 0 bridgehead atoms. The van der Waals surface area contributed by atoms with Gasteiger partial charge in [0.25, 0.3) is 0 Å². The Balaban J connectivity index is 1.85. The van der Waals surface area contributed by atoms with Crippen molar-refractivity contribution in [2.24, 2.45) is 0 Å². The Kier molecular flexibility index (Phi) is 4.58. The average molecular weight is 228 g/mol. The van der Waals surface area contributed by atoms with E-state index in [2.05, 4.69) is 10.2 Å². The number of nitrogens with zero attached hydrogens (tertiary/aromatic N) is 1. The van der Waals surface area contributed by atoms with Crippen molar-refractivity contribution in [1.29, 1.82) is 0 Å². The molecule has 0 saturated carbocycles. The maximum atomic E-state index is 5.69. The smallest absolute Gasteiger partial charge is 0.106 e. The highest BCUT2D eigenvalue weighted by Gasteiger charge is 2.36. The zero-order chi connectivity index (χ0) is 11.3. The summed E-state index contributed by atoms with van der Waals surface area (Å²) in [5.74, 6) is 0. The van der Waals surface area contributed by atoms with E-state index in [0.717, 1.165) is 39.3 Å². The number of ether oxygens (including phenoxy) is 2. The highest BCUT2D eigenvalue weighted by Crippen LogP contribution is 2.24. The molecule has 2 fully saturated rings. The molecule has 0 aromatic carbocycles. The van der Waals surface area contributed by atoms with E-state index in [-0.39, 0.29) is 5.60 Å². The fraction of sp³-hybridized carbons (Fsp3) is 1.00. The zero-order valence-corrected chi connectivity index (χ0v) is 10.3. The standard InChI is InChI=1S/C12H24N2O2/c1-15-12(4-9-16-11-12)10-14-7-2-5-13-6-3-8-14/h13H,2-11H2,1H3. The number of hydrogen-bond donors (Lipinski definition) is 1. The largest absolute Gasteiger partial charge is 0.378 e. The van der Waals surface area contributed by atoms with Gasteiger partial charge in [0.05, 0.1) is 6.61 Å². The summed E-state index contributed by atoms with van der Waals surface area (Å²) in [4.78, 5) is 2.54. The second-order valence-electron chi connectivity index (χ2n) is 4.92. The molecule has 4 heteroatoms. The number of nitrogens with one attached hydrogen (secondary N) is 1. The lowest BCUT2D eigenvalue weighted by Gasteiger charge is -2.34. The van der Waals surface area contributed by atoms with Crippen LogP contribution in [0, 0.1) is 0 Å². The van der Waals surface area contributed by atoms with E-state index in [1.807, 2.05) is 7.11 Å². The first kappa shape index (κ1) is 12.3. The van der Waals surface area contributed by atoms with Crippen molar-refractivity contribution in [3.05, 3.63) is 0 Å². The molecule has 1 N–H and O–H groups in total. The topological polar surface area (TPSA) is 33.7 Å². The second-order valence-corrected chi connectivity index (χ2v) is 4.92. The van der Waals surface area contributed by atoms with Crippen molar-refractivity contribution in [3.8, 4) is 0 Å². The molecule has 2 aliphatic heterocycles. The molecule has 2 heterocycles. The van der Waals surface area contributed by atoms with Gasteiger partial charge in [-0.25, -0.2) is 0 Å². The maximum Gasteiger partial charge on any atom is 0.106 e. The van der Waals surface area contributed by atoms with E-state index in [1.54, 1.807) is 0 Å². The van der Waals surface area contributed by atoms with E-state index in [4.69, 9.17) is 9.47 Å². The van der Waals surface area contributed by atoms with Gasteiger partial charge in [-0.3, -0.25) is 0 Å². The van der Waals surface area contributed by atoms with E-state index < -0.39 is 0 Å². The molecule has 2 aliphatic rings. The molecule has 0 amide bonds. The normalized spacial score (nSPS) is 33.6. The Morgan fingerprint density at radius 2 is 2.06 bits per heavy atom. The third-order valence-corrected chi connectivity index (χ3v) is 3.67. The molecular weight excluding hydrogens is 204 g/mol. The molecule has 0 spiro atoms. The number of methoxy groups -OCH3 is 1. The average Bonchev–Trinajstić information content (AvgIpc) is 2.71. The molecule has 4 nitrogen and oxygen atoms in total. The van der Waals surface area contributed by atoms with Crippen LogP contribution in [0.25, 0.3) is 0 Å². The van der Waals surface area contributed by atoms with Gasteiger partial charge in [-0.05, 0) is 39.0 Å². The van der Waals surface area contributed by atoms with Crippen molar-refractivity contribution < 1.29 is 9.47 Å². The third-order valence-electron chi connectivity index (χ3n) is 3.67. The number of rotatable bonds is 3. The molecule has 1 atom stereocenters. The lowest BCUT2D eigenvalue weighted by molar-refractivity contribution is -0.0415. The van der Waals surface area contributed by atoms with Gasteiger partial charge in [0.1, 0.15) is 5.60 Å². The Morgan fingerprint density at radius 1 is 1.31 bits per heavy atom. The molecular formula is C12H24N2O2. The lowest BCUT2D eigenvalue weighted by atomic mass is 10.0. The summed E-state index contributed by atoms with van der Waals surface area (Å²) in [6, 6.07) is 0. The minimum atomic E-state index is -0.0351. The predicted octanol–water partition coefficient (Wildman–Crippen LogP) is 0.477. The van der Waals surface area contributed by atoms with E-state index in [9.17, 15) is 0 Å². The minimum absolute atomic E-state index is 0.0351. The maximum absolute atomic E-state index is 5.69. The highest BCUT2D eigenvalue weighted by atomic mass is 16.5. The van der Waals surface area contributed by atoms with Crippen LogP contribution >= 0.6 is 0 Å². The van der Waals surface area contributed by atoms with Crippen LogP contribution in [0.15, 0.2) is 0 Å². The summed E-state index contributed by atoms with van der Waals surface area (Å²) in [5, 5.41) is 3.44. The quantitative estimate of drug-likeness (QED) is 0.762. The van der Waals surface area contributed by atoms with Gasteiger partial charge in [0.2, 0.25) is 0 Å². The van der Waals surface area contributed by atoms with E-state index in [0.29, 0.717) is 0 Å². The van der Waals surface area contributed by atoms with Crippen LogP contribution in [0.4, 0.5) is 0 Å². The van der Waals surface area contributed by atoms with Gasteiger partial charge in [-0.2, -0.15) is 0 Å². The highest BCUT2D eigenvalue weighted by molar-refractivity contribution is 4.88. The first-order chi connectivity index (χ1) is 7.85. The molecule has 1 unspecified atom stereocenters. The Morgan fingerprint density at radius 3 is 2.62 bits per heavy atom. The molecule has 0 aromatic rings. The fourth-order valence-electron chi connectivity index (χ4n) is 2.60. The van der Waals surface area contributed by atoms with Crippen LogP contribution in [-0.4, -0.2) is 63.5 Å². The summed E-state index contributed by atoms with van der Waals surface area (Å²) < 4.78 is 11.2. The van der Waals surface area contributed by atoms with Gasteiger partial charge in [-0.15, -0.1) is 0 Å². The first-order valence-corrected chi connectivity index (χ1v) is 6.41. The Labute approximate surface area is 98.3 Å². The Hall–Kier alpha value is -0.160. The summed E-state index contributed by atoms with van der Waals surface area (Å²) in [5.41, 5.74) is -0.0351. The summed E-state index contributed by atoms with van der Waals surface area (Å²) in [6.45, 7) is 7.29. The van der Waals surface area contributed by atoms with Gasteiger partial charge in [0.15, 0.2) is 0 Å². The van der Waals surface area contributed by atoms with Crippen molar-refractivity contribution in [2.45, 2.75) is 24.9 Å². The second kappa shape index (κ2) is 5.96. The lowest BCUT2D eigenvalue weighted by Crippen LogP contribution is -2.47. The molecule has 16 heavy (non-hydrogen) atoms. The SMILES string of the molecule is COC1(CN2CCCNCCC2)CCOC1. The summed E-state index contributed by atoms with van der Waals surface area (Å²) >= 11 is 0. The fourth-order valence-corrected chi connectivity index (χ4v) is 2.60. The molecule has 0 aromatic heterocycles. The van der Waals surface area contributed by atoms with Crippen LogP contribution in [0.2, 0.25) is 0 Å². The van der Waals surface area contributed by atoms with E-state index >= 15 is 0 Å². The van der Waals surface area contributed by atoms with Crippen LogP contribution in [0.3, 0.4) is 0 Å². The molecule has 94 valence electrons. The van der Waals surface area contributed by atoms with Crippen molar-refractivity contribution in [1.82, 2.24) is 10.2 Å². The van der Waals surface area contributed by atoms with Crippen molar-refractivity contribution in [3.63, 3.8) is 0 Å². The third kappa shape index (κ3) is 3.17. The zero-order valence-electron chi connectivity index (χ0n) is 10.3. The van der Waals surface area contributed by atoms with Gasteiger partial charge >= 0.3 is 0 Å². The van der Waals surface area contributed by atoms with Crippen LogP contribution in [-0.2, 0) is 9.47 Å². The summed E-state index contributed by atoms with van der Waals surface area (Å²) in [6.07, 6.45) is 3.51. The minimum Gasteiger partial charge on any atom is -0.378 e. The predicted molar refractivity (Wildman–Crippen MR) is 63.7 cm³/mol.